The van der Waals surface area contributed by atoms with E-state index in [4.69, 9.17) is 22.1 Å². The van der Waals surface area contributed by atoms with Crippen LogP contribution in [-0.2, 0) is 6.18 Å². The van der Waals surface area contributed by atoms with Crippen molar-refractivity contribution in [3.05, 3.63) is 93.7 Å². The first-order chi connectivity index (χ1) is 21.9. The number of alkyl halides is 5. The maximum atomic E-state index is 14.3. The van der Waals surface area contributed by atoms with E-state index in [1.807, 2.05) is 0 Å². The molecular formula is C30H18ClF5N6O3S. The van der Waals surface area contributed by atoms with Crippen molar-refractivity contribution in [3.63, 3.8) is 0 Å². The normalized spacial score (nSPS) is 11.8. The summed E-state index contributed by atoms with van der Waals surface area (Å²) in [6.07, 6.45) is -7.91. The van der Waals surface area contributed by atoms with Crippen LogP contribution < -0.4 is 15.8 Å². The van der Waals surface area contributed by atoms with Crippen LogP contribution in [0.15, 0.2) is 66.7 Å². The quantitative estimate of drug-likeness (QED) is 0.168. The molecule has 46 heavy (non-hydrogen) atoms. The summed E-state index contributed by atoms with van der Waals surface area (Å²) in [5, 5.41) is 5.90. The number of halogens is 6. The van der Waals surface area contributed by atoms with Crippen LogP contribution in [0.1, 0.15) is 38.0 Å². The van der Waals surface area contributed by atoms with E-state index in [-0.39, 0.29) is 37.6 Å². The monoisotopic (exact) mass is 672 g/mol. The Morgan fingerprint density at radius 2 is 1.74 bits per heavy atom. The minimum Gasteiger partial charge on any atom is -0.497 e. The zero-order chi connectivity index (χ0) is 32.9. The standard InChI is InChI=1S/C30H18ClF5N6O3S/c1-45-15-9-5-8-14(10-15)17-12-19(30(34,35)36)42-27(38-17)21(31)23(41-42)28(44)40-22-20-16(13-6-3-2-4-7-13)11-18(25(32)33)39-29(20)46-24(22)26(37)43/h2-12,25H,1H3,(H2,37,43)(H,40,44). The Morgan fingerprint density at radius 1 is 1.02 bits per heavy atom. The number of hydrogen-bond acceptors (Lipinski definition) is 7. The Bertz CT molecular complexity index is 2170. The van der Waals surface area contributed by atoms with Gasteiger partial charge in [-0.2, -0.15) is 18.3 Å². The van der Waals surface area contributed by atoms with Crippen molar-refractivity contribution >= 4 is 56.3 Å². The van der Waals surface area contributed by atoms with E-state index in [1.54, 1.807) is 42.5 Å². The van der Waals surface area contributed by atoms with E-state index in [2.05, 4.69) is 20.4 Å². The summed E-state index contributed by atoms with van der Waals surface area (Å²) in [7, 11) is 1.40. The van der Waals surface area contributed by atoms with Gasteiger partial charge < -0.3 is 15.8 Å². The van der Waals surface area contributed by atoms with Crippen LogP contribution in [-0.4, -0.2) is 38.5 Å². The second-order valence-electron chi connectivity index (χ2n) is 9.72. The molecule has 4 heterocycles. The average molecular weight is 673 g/mol. The van der Waals surface area contributed by atoms with Gasteiger partial charge in [0, 0.05) is 10.9 Å². The predicted octanol–water partition coefficient (Wildman–Crippen LogP) is 7.64. The van der Waals surface area contributed by atoms with Gasteiger partial charge in [0.05, 0.1) is 18.5 Å². The molecule has 0 bridgehead atoms. The summed E-state index contributed by atoms with van der Waals surface area (Å²) in [4.78, 5) is 34.1. The molecule has 0 spiro atoms. The van der Waals surface area contributed by atoms with Crippen LogP contribution in [0.5, 0.6) is 5.75 Å². The molecule has 0 atom stereocenters. The first kappa shape index (κ1) is 30.9. The van der Waals surface area contributed by atoms with Crippen molar-refractivity contribution in [3.8, 4) is 28.1 Å². The third kappa shape index (κ3) is 5.47. The fourth-order valence-corrected chi connectivity index (χ4v) is 6.07. The summed E-state index contributed by atoms with van der Waals surface area (Å²) in [5.74, 6) is -1.77. The number of benzene rings is 2. The Hall–Kier alpha value is -5.15. The van der Waals surface area contributed by atoms with Gasteiger partial charge in [0.25, 0.3) is 18.2 Å². The zero-order valence-electron chi connectivity index (χ0n) is 23.2. The molecule has 0 unspecified atom stereocenters. The minimum atomic E-state index is -4.95. The van der Waals surface area contributed by atoms with Gasteiger partial charge in [-0.15, -0.1) is 11.3 Å². The van der Waals surface area contributed by atoms with Crippen molar-refractivity contribution in [2.24, 2.45) is 5.73 Å². The van der Waals surface area contributed by atoms with Gasteiger partial charge in [0.15, 0.2) is 17.0 Å². The van der Waals surface area contributed by atoms with Crippen molar-refractivity contribution in [1.29, 1.82) is 0 Å². The highest BCUT2D eigenvalue weighted by molar-refractivity contribution is 7.21. The Kier molecular flexibility index (Phi) is 7.82. The van der Waals surface area contributed by atoms with Crippen LogP contribution >= 0.6 is 22.9 Å². The SMILES string of the molecule is COc1cccc(-c2cc(C(F)(F)F)n3nc(C(=O)Nc4c(C(N)=O)sc5nc(C(F)F)cc(-c6ccccc6)c45)c(Cl)c3n2)c1. The number of carbonyl (C=O) groups excluding carboxylic acids is 2. The highest BCUT2D eigenvalue weighted by atomic mass is 35.5. The lowest BCUT2D eigenvalue weighted by molar-refractivity contribution is -0.142. The molecule has 6 rings (SSSR count). The Morgan fingerprint density at radius 3 is 2.39 bits per heavy atom. The molecule has 234 valence electrons. The average Bonchev–Trinajstić information content (AvgIpc) is 3.57. The van der Waals surface area contributed by atoms with E-state index in [9.17, 15) is 31.5 Å². The molecule has 0 fully saturated rings. The second kappa shape index (κ2) is 11.7. The zero-order valence-corrected chi connectivity index (χ0v) is 24.8. The third-order valence-corrected chi connectivity index (χ3v) is 8.30. The summed E-state index contributed by atoms with van der Waals surface area (Å²) in [6.45, 7) is 0. The van der Waals surface area contributed by atoms with Crippen LogP contribution in [0.3, 0.4) is 0 Å². The molecule has 2 aromatic carbocycles. The summed E-state index contributed by atoms with van der Waals surface area (Å²) in [6, 6.07) is 16.3. The number of pyridine rings is 1. The van der Waals surface area contributed by atoms with Gasteiger partial charge in [-0.3, -0.25) is 9.59 Å². The highest BCUT2D eigenvalue weighted by Gasteiger charge is 2.37. The van der Waals surface area contributed by atoms with E-state index in [1.165, 1.54) is 19.2 Å². The van der Waals surface area contributed by atoms with E-state index >= 15 is 0 Å². The number of nitrogens with zero attached hydrogens (tertiary/aromatic N) is 4. The molecule has 0 saturated heterocycles. The molecule has 2 amide bonds. The van der Waals surface area contributed by atoms with Crippen molar-refractivity contribution < 1.29 is 36.3 Å². The summed E-state index contributed by atoms with van der Waals surface area (Å²) < 4.78 is 75.9. The smallest absolute Gasteiger partial charge is 0.433 e. The first-order valence-corrected chi connectivity index (χ1v) is 14.3. The summed E-state index contributed by atoms with van der Waals surface area (Å²) in [5.41, 5.74) is 3.21. The predicted molar refractivity (Wildman–Crippen MR) is 161 cm³/mol. The topological polar surface area (TPSA) is 124 Å². The number of nitrogens with two attached hydrogens (primary N) is 1. The molecule has 0 aliphatic rings. The number of amides is 2. The van der Waals surface area contributed by atoms with Gasteiger partial charge in [-0.05, 0) is 35.4 Å². The van der Waals surface area contributed by atoms with Gasteiger partial charge in [0.2, 0.25) is 0 Å². The van der Waals surface area contributed by atoms with Gasteiger partial charge in [0.1, 0.15) is 26.2 Å². The number of rotatable bonds is 7. The fraction of sp³-hybridized carbons (Fsp3) is 0.100. The maximum absolute atomic E-state index is 14.3. The van der Waals surface area contributed by atoms with E-state index < -0.39 is 52.2 Å². The van der Waals surface area contributed by atoms with Crippen molar-refractivity contribution in [1.82, 2.24) is 19.6 Å². The van der Waals surface area contributed by atoms with E-state index in [0.29, 0.717) is 27.2 Å². The highest BCUT2D eigenvalue weighted by Crippen LogP contribution is 2.43. The molecule has 0 aliphatic carbocycles. The van der Waals surface area contributed by atoms with Gasteiger partial charge in [-0.1, -0.05) is 54.1 Å². The number of thiophene rings is 1. The number of methoxy groups -OCH3 is 1. The first-order valence-electron chi connectivity index (χ1n) is 13.1. The van der Waals surface area contributed by atoms with Crippen LogP contribution in [0.25, 0.3) is 38.2 Å². The van der Waals surface area contributed by atoms with Crippen LogP contribution in [0.2, 0.25) is 5.02 Å². The Labute approximate surface area is 264 Å². The number of ether oxygens (including phenoxy) is 1. The van der Waals surface area contributed by atoms with Crippen LogP contribution in [0, 0.1) is 0 Å². The second-order valence-corrected chi connectivity index (χ2v) is 11.1. The number of carbonyl (C=O) groups is 2. The Balaban J connectivity index is 1.52. The van der Waals surface area contributed by atoms with Gasteiger partial charge >= 0.3 is 6.18 Å². The largest absolute Gasteiger partial charge is 0.497 e. The molecule has 9 nitrogen and oxygen atoms in total. The molecule has 0 saturated carbocycles. The maximum Gasteiger partial charge on any atom is 0.433 e. The third-order valence-electron chi connectivity index (χ3n) is 6.86. The molecule has 4 aromatic heterocycles. The minimum absolute atomic E-state index is 0.0363. The number of primary amides is 1. The van der Waals surface area contributed by atoms with E-state index in [0.717, 1.165) is 12.1 Å². The number of fused-ring (bicyclic) bond motifs is 2. The lowest BCUT2D eigenvalue weighted by Gasteiger charge is -2.11. The molecule has 0 aliphatic heterocycles. The van der Waals surface area contributed by atoms with Gasteiger partial charge in [-0.25, -0.2) is 23.3 Å². The number of hydrogen-bond donors (Lipinski definition) is 2. The molecule has 0 radical (unpaired) electrons. The lowest BCUT2D eigenvalue weighted by atomic mass is 10.0. The van der Waals surface area contributed by atoms with Crippen LogP contribution in [0.4, 0.5) is 27.6 Å². The lowest BCUT2D eigenvalue weighted by Crippen LogP contribution is -2.18. The number of nitrogens with one attached hydrogen (secondary N) is 1. The number of anilines is 1. The summed E-state index contributed by atoms with van der Waals surface area (Å²) >= 11 is 7.12. The molecule has 16 heteroatoms. The molecular weight excluding hydrogens is 655 g/mol. The molecule has 6 aromatic rings. The fourth-order valence-electron chi connectivity index (χ4n) is 4.81. The molecule has 3 N–H and O–H groups in total. The van der Waals surface area contributed by atoms with Crippen molar-refractivity contribution in [2.75, 3.05) is 12.4 Å². The number of aromatic nitrogens is 4. The van der Waals surface area contributed by atoms with Crippen molar-refractivity contribution in [2.45, 2.75) is 12.6 Å².